The Hall–Kier alpha value is -2.12. The maximum Gasteiger partial charge on any atom is 0.315 e. The number of esters is 3. The number of aliphatic carboxylic acids is 1. The predicted molar refractivity (Wildman–Crippen MR) is 101 cm³/mol. The third-order valence-corrected chi connectivity index (χ3v) is 3.85. The van der Waals surface area contributed by atoms with Gasteiger partial charge < -0.3 is 19.3 Å². The molecule has 0 aromatic heterocycles. The molecule has 1 N–H and O–H groups in total. The summed E-state index contributed by atoms with van der Waals surface area (Å²) >= 11 is 0. The molecule has 3 unspecified atom stereocenters. The van der Waals surface area contributed by atoms with E-state index in [9.17, 15) is 19.2 Å². The van der Waals surface area contributed by atoms with E-state index in [-0.39, 0.29) is 19.3 Å². The topological polar surface area (TPSA) is 116 Å². The Morgan fingerprint density at radius 3 is 1.71 bits per heavy atom. The number of carboxylic acids is 1. The normalized spacial score (nSPS) is 15.1. The van der Waals surface area contributed by atoms with Gasteiger partial charge in [0.25, 0.3) is 0 Å². The first-order valence-electron chi connectivity index (χ1n) is 9.40. The largest absolute Gasteiger partial charge is 0.481 e. The molecule has 0 rings (SSSR count). The first-order valence-corrected chi connectivity index (χ1v) is 9.40. The Bertz CT molecular complexity index is 568. The van der Waals surface area contributed by atoms with Crippen molar-refractivity contribution in [2.75, 3.05) is 0 Å². The number of rotatable bonds is 9. The zero-order chi connectivity index (χ0) is 22.3. The third kappa shape index (κ3) is 9.71. The molecule has 0 amide bonds. The number of hydrogen-bond acceptors (Lipinski definition) is 7. The maximum atomic E-state index is 12.6. The van der Waals surface area contributed by atoms with Gasteiger partial charge in [-0.15, -0.1) is 0 Å². The van der Waals surface area contributed by atoms with Crippen LogP contribution in [0.1, 0.15) is 74.7 Å². The molecular weight excluding hydrogens is 368 g/mol. The Morgan fingerprint density at radius 1 is 0.821 bits per heavy atom. The van der Waals surface area contributed by atoms with Gasteiger partial charge in [-0.2, -0.15) is 0 Å². The highest BCUT2D eigenvalue weighted by atomic mass is 16.7. The molecule has 0 aliphatic rings. The van der Waals surface area contributed by atoms with Gasteiger partial charge >= 0.3 is 23.9 Å². The van der Waals surface area contributed by atoms with Crippen molar-refractivity contribution >= 4 is 23.9 Å². The van der Waals surface area contributed by atoms with Gasteiger partial charge in [-0.05, 0) is 61.3 Å². The lowest BCUT2D eigenvalue weighted by molar-refractivity contribution is -0.196. The second kappa shape index (κ2) is 10.4. The van der Waals surface area contributed by atoms with Crippen LogP contribution in [0.3, 0.4) is 0 Å². The molecule has 0 fully saturated rings. The summed E-state index contributed by atoms with van der Waals surface area (Å²) in [7, 11) is 0. The number of ether oxygens (including phenoxy) is 3. The van der Waals surface area contributed by atoms with Crippen LogP contribution in [0.4, 0.5) is 0 Å². The summed E-state index contributed by atoms with van der Waals surface area (Å²) in [6.07, 6.45) is -1.70. The van der Waals surface area contributed by atoms with Crippen LogP contribution < -0.4 is 0 Å². The van der Waals surface area contributed by atoms with Crippen molar-refractivity contribution in [3.8, 4) is 0 Å². The summed E-state index contributed by atoms with van der Waals surface area (Å²) < 4.78 is 15.7. The molecule has 0 aliphatic heterocycles. The van der Waals surface area contributed by atoms with Crippen LogP contribution >= 0.6 is 0 Å². The summed E-state index contributed by atoms with van der Waals surface area (Å²) in [6, 6.07) is 0. The van der Waals surface area contributed by atoms with Crippen LogP contribution in [-0.2, 0) is 33.4 Å². The van der Waals surface area contributed by atoms with Crippen LogP contribution in [0.25, 0.3) is 0 Å². The first kappa shape index (κ1) is 25.9. The number of carboxylic acid groups (broad SMARTS) is 1. The van der Waals surface area contributed by atoms with Crippen molar-refractivity contribution in [1.82, 2.24) is 0 Å². The van der Waals surface area contributed by atoms with Crippen molar-refractivity contribution in [2.45, 2.75) is 87.0 Å². The zero-order valence-electron chi connectivity index (χ0n) is 18.2. The van der Waals surface area contributed by atoms with E-state index >= 15 is 0 Å². The lowest BCUT2D eigenvalue weighted by Crippen LogP contribution is -2.37. The van der Waals surface area contributed by atoms with E-state index in [2.05, 4.69) is 0 Å². The van der Waals surface area contributed by atoms with Crippen molar-refractivity contribution in [2.24, 2.45) is 16.7 Å². The quantitative estimate of drug-likeness (QED) is 0.461. The second-order valence-electron chi connectivity index (χ2n) is 8.91. The van der Waals surface area contributed by atoms with E-state index in [0.29, 0.717) is 0 Å². The molecule has 8 nitrogen and oxygen atoms in total. The van der Waals surface area contributed by atoms with Gasteiger partial charge in [0.1, 0.15) is 6.10 Å². The van der Waals surface area contributed by atoms with Gasteiger partial charge in [-0.3, -0.25) is 19.2 Å². The maximum absolute atomic E-state index is 12.6. The number of carbonyl (C=O) groups excluding carboxylic acids is 3. The van der Waals surface area contributed by atoms with E-state index < -0.39 is 53.0 Å². The van der Waals surface area contributed by atoms with Crippen LogP contribution in [-0.4, -0.2) is 41.4 Å². The molecular formula is C20H34O8. The average Bonchev–Trinajstić information content (AvgIpc) is 2.48. The molecule has 28 heavy (non-hydrogen) atoms. The molecule has 3 atom stereocenters. The second-order valence-corrected chi connectivity index (χ2v) is 8.91. The van der Waals surface area contributed by atoms with Gasteiger partial charge in [-0.25, -0.2) is 0 Å². The van der Waals surface area contributed by atoms with E-state index in [1.165, 1.54) is 6.92 Å². The lowest BCUT2D eigenvalue weighted by Gasteiger charge is -2.27. The molecule has 8 heteroatoms. The Kier molecular flexibility index (Phi) is 9.64. The molecule has 0 bridgehead atoms. The number of hydrogen-bond donors (Lipinski definition) is 1. The zero-order valence-corrected chi connectivity index (χ0v) is 18.2. The molecule has 0 aromatic carbocycles. The molecule has 0 radical (unpaired) electrons. The minimum absolute atomic E-state index is 0.127. The van der Waals surface area contributed by atoms with Crippen molar-refractivity contribution in [1.29, 1.82) is 0 Å². The summed E-state index contributed by atoms with van der Waals surface area (Å²) in [4.78, 5) is 47.4. The standard InChI is InChI=1S/C20H34O8/c1-12(26-17(24)19(3,4)5)14(10-9-11-15(21)22)16(23)27-13(2)28-18(25)20(6,7)8/h12-14H,9-11H2,1-8H3,(H,21,22). The Morgan fingerprint density at radius 2 is 1.29 bits per heavy atom. The third-order valence-electron chi connectivity index (χ3n) is 3.85. The minimum atomic E-state index is -1.12. The van der Waals surface area contributed by atoms with E-state index in [4.69, 9.17) is 19.3 Å². The van der Waals surface area contributed by atoms with Gasteiger partial charge in [0, 0.05) is 13.3 Å². The monoisotopic (exact) mass is 402 g/mol. The molecule has 0 heterocycles. The summed E-state index contributed by atoms with van der Waals surface area (Å²) in [5, 5.41) is 8.82. The van der Waals surface area contributed by atoms with E-state index in [0.717, 1.165) is 0 Å². The lowest BCUT2D eigenvalue weighted by atomic mass is 9.94. The molecule has 0 spiro atoms. The SMILES string of the molecule is CC(OC(=O)C(CCCC(=O)O)C(C)OC(=O)C(C)(C)C)OC(=O)C(C)(C)C. The van der Waals surface area contributed by atoms with E-state index in [1.54, 1.807) is 48.5 Å². The van der Waals surface area contributed by atoms with Crippen LogP contribution in [0.2, 0.25) is 0 Å². The fourth-order valence-corrected chi connectivity index (χ4v) is 2.05. The van der Waals surface area contributed by atoms with Gasteiger partial charge in [0.15, 0.2) is 0 Å². The fourth-order valence-electron chi connectivity index (χ4n) is 2.05. The molecule has 0 saturated heterocycles. The molecule has 0 saturated carbocycles. The van der Waals surface area contributed by atoms with Crippen LogP contribution in [0, 0.1) is 16.7 Å². The highest BCUT2D eigenvalue weighted by molar-refractivity contribution is 5.78. The number of carbonyl (C=O) groups is 4. The Labute approximate surface area is 166 Å². The van der Waals surface area contributed by atoms with E-state index in [1.807, 2.05) is 0 Å². The molecule has 0 aliphatic carbocycles. The highest BCUT2D eigenvalue weighted by Crippen LogP contribution is 2.24. The predicted octanol–water partition coefficient (Wildman–Crippen LogP) is 3.31. The highest BCUT2D eigenvalue weighted by Gasteiger charge is 2.34. The summed E-state index contributed by atoms with van der Waals surface area (Å²) in [5.74, 6) is -3.58. The van der Waals surface area contributed by atoms with Crippen molar-refractivity contribution in [3.05, 3.63) is 0 Å². The first-order chi connectivity index (χ1) is 12.6. The summed E-state index contributed by atoms with van der Waals surface area (Å²) in [5.41, 5.74) is -1.50. The average molecular weight is 402 g/mol. The smallest absolute Gasteiger partial charge is 0.315 e. The van der Waals surface area contributed by atoms with Gasteiger partial charge in [0.2, 0.25) is 6.29 Å². The molecule has 0 aromatic rings. The van der Waals surface area contributed by atoms with Gasteiger partial charge in [0.05, 0.1) is 16.7 Å². The van der Waals surface area contributed by atoms with Gasteiger partial charge in [-0.1, -0.05) is 0 Å². The minimum Gasteiger partial charge on any atom is -0.481 e. The summed E-state index contributed by atoms with van der Waals surface area (Å²) in [6.45, 7) is 13.1. The fraction of sp³-hybridized carbons (Fsp3) is 0.800. The van der Waals surface area contributed by atoms with Crippen molar-refractivity contribution < 1.29 is 38.5 Å². The Balaban J connectivity index is 5.11. The van der Waals surface area contributed by atoms with Crippen LogP contribution in [0.5, 0.6) is 0 Å². The molecule has 162 valence electrons. The van der Waals surface area contributed by atoms with Crippen LogP contribution in [0.15, 0.2) is 0 Å². The van der Waals surface area contributed by atoms with Crippen molar-refractivity contribution in [3.63, 3.8) is 0 Å².